The third-order valence-electron chi connectivity index (χ3n) is 3.82. The number of nitrogens with one attached hydrogen (secondary N) is 1. The van der Waals surface area contributed by atoms with Gasteiger partial charge < -0.3 is 10.1 Å². The van der Waals surface area contributed by atoms with Crippen LogP contribution < -0.4 is 10.1 Å². The van der Waals surface area contributed by atoms with Gasteiger partial charge in [-0.25, -0.2) is 0 Å². The number of hydrogen-bond acceptors (Lipinski definition) is 3. The monoisotopic (exact) mass is 346 g/mol. The second-order valence-corrected chi connectivity index (χ2v) is 6.05. The molecule has 2 aromatic carbocycles. The summed E-state index contributed by atoms with van der Waals surface area (Å²) in [6, 6.07) is 13.7. The number of hydrogen-bond donors (Lipinski definition) is 1. The van der Waals surface area contributed by atoms with Crippen molar-refractivity contribution in [2.24, 2.45) is 0 Å². The Morgan fingerprint density at radius 1 is 1.25 bits per heavy atom. The van der Waals surface area contributed by atoms with Crippen LogP contribution in [-0.2, 0) is 11.3 Å². The van der Waals surface area contributed by atoms with Crippen LogP contribution in [0.4, 0.5) is 5.69 Å². The minimum absolute atomic E-state index is 0.0761. The van der Waals surface area contributed by atoms with Crippen molar-refractivity contribution in [1.29, 1.82) is 0 Å². The molecule has 0 atom stereocenters. The lowest BCUT2D eigenvalue weighted by Gasteiger charge is -2.20. The molecule has 0 fully saturated rings. The SMILES string of the molecule is CCN(CC(=O)Nc1cc(C)c(Cl)cc1OC)Cc1ccccc1. The molecule has 2 rings (SSSR count). The Hall–Kier alpha value is -2.04. The number of carbonyl (C=O) groups is 1. The number of aryl methyl sites for hydroxylation is 1. The van der Waals surface area contributed by atoms with Crippen LogP contribution in [0.3, 0.4) is 0 Å². The highest BCUT2D eigenvalue weighted by Gasteiger charge is 2.13. The Bertz CT molecular complexity index is 689. The molecule has 0 saturated carbocycles. The zero-order chi connectivity index (χ0) is 17.5. The van der Waals surface area contributed by atoms with Crippen molar-refractivity contribution in [3.63, 3.8) is 0 Å². The van der Waals surface area contributed by atoms with Gasteiger partial charge >= 0.3 is 0 Å². The second-order valence-electron chi connectivity index (χ2n) is 5.64. The van der Waals surface area contributed by atoms with E-state index in [0.29, 0.717) is 23.0 Å². The summed E-state index contributed by atoms with van der Waals surface area (Å²) < 4.78 is 5.30. The van der Waals surface area contributed by atoms with Crippen LogP contribution in [0.25, 0.3) is 0 Å². The number of carbonyl (C=O) groups excluding carboxylic acids is 1. The Balaban J connectivity index is 2.02. The van der Waals surface area contributed by atoms with Crippen LogP contribution >= 0.6 is 11.6 Å². The highest BCUT2D eigenvalue weighted by Crippen LogP contribution is 2.30. The van der Waals surface area contributed by atoms with E-state index in [-0.39, 0.29) is 5.91 Å². The molecule has 4 nitrogen and oxygen atoms in total. The number of amides is 1. The predicted molar refractivity (Wildman–Crippen MR) is 98.8 cm³/mol. The van der Waals surface area contributed by atoms with Crippen LogP contribution in [0.2, 0.25) is 5.02 Å². The number of rotatable bonds is 7. The van der Waals surface area contributed by atoms with Crippen molar-refractivity contribution >= 4 is 23.2 Å². The molecule has 0 unspecified atom stereocenters. The van der Waals surface area contributed by atoms with Gasteiger partial charge in [-0.3, -0.25) is 9.69 Å². The van der Waals surface area contributed by atoms with Gasteiger partial charge in [-0.2, -0.15) is 0 Å². The van der Waals surface area contributed by atoms with E-state index in [1.165, 1.54) is 5.56 Å². The maximum atomic E-state index is 12.4. The normalized spacial score (nSPS) is 10.7. The first kappa shape index (κ1) is 18.3. The van der Waals surface area contributed by atoms with Crippen LogP contribution in [0, 0.1) is 6.92 Å². The smallest absolute Gasteiger partial charge is 0.238 e. The third-order valence-corrected chi connectivity index (χ3v) is 4.23. The molecule has 0 heterocycles. The number of halogens is 1. The highest BCUT2D eigenvalue weighted by molar-refractivity contribution is 6.31. The predicted octanol–water partition coefficient (Wildman–Crippen LogP) is 4.12. The Morgan fingerprint density at radius 2 is 1.96 bits per heavy atom. The molecule has 5 heteroatoms. The fourth-order valence-corrected chi connectivity index (χ4v) is 2.60. The van der Waals surface area contributed by atoms with Crippen molar-refractivity contribution in [3.8, 4) is 5.75 Å². The van der Waals surface area contributed by atoms with Crippen molar-refractivity contribution in [1.82, 2.24) is 4.90 Å². The minimum atomic E-state index is -0.0761. The van der Waals surface area contributed by atoms with Gasteiger partial charge in [0.15, 0.2) is 0 Å². The van der Waals surface area contributed by atoms with E-state index in [9.17, 15) is 4.79 Å². The molecule has 0 radical (unpaired) electrons. The molecule has 1 amide bonds. The fourth-order valence-electron chi connectivity index (χ4n) is 2.44. The lowest BCUT2D eigenvalue weighted by Crippen LogP contribution is -2.32. The zero-order valence-electron chi connectivity index (χ0n) is 14.3. The summed E-state index contributed by atoms with van der Waals surface area (Å²) in [5, 5.41) is 3.53. The molecule has 0 aromatic heterocycles. The standard InChI is InChI=1S/C19H23ClN2O2/c1-4-22(12-15-8-6-5-7-9-15)13-19(23)21-17-10-14(2)16(20)11-18(17)24-3/h5-11H,4,12-13H2,1-3H3,(H,21,23). The number of ether oxygens (including phenoxy) is 1. The molecule has 0 spiro atoms. The summed E-state index contributed by atoms with van der Waals surface area (Å²) >= 11 is 6.10. The third kappa shape index (κ3) is 4.98. The number of likely N-dealkylation sites (N-methyl/N-ethyl adjacent to an activating group) is 1. The lowest BCUT2D eigenvalue weighted by atomic mass is 10.2. The molecule has 1 N–H and O–H groups in total. The molecule has 0 bridgehead atoms. The molecule has 0 aliphatic rings. The first-order valence-corrected chi connectivity index (χ1v) is 8.31. The van der Waals surface area contributed by atoms with Crippen LogP contribution in [-0.4, -0.2) is 31.0 Å². The number of anilines is 1. The highest BCUT2D eigenvalue weighted by atomic mass is 35.5. The Morgan fingerprint density at radius 3 is 2.58 bits per heavy atom. The van der Waals surface area contributed by atoms with E-state index in [0.717, 1.165) is 18.7 Å². The van der Waals surface area contributed by atoms with Crippen LogP contribution in [0.1, 0.15) is 18.1 Å². The van der Waals surface area contributed by atoms with E-state index in [4.69, 9.17) is 16.3 Å². The molecule has 0 aliphatic heterocycles. The Kier molecular flexibility index (Phi) is 6.64. The second kappa shape index (κ2) is 8.71. The van der Waals surface area contributed by atoms with Gasteiger partial charge in [0.05, 0.1) is 19.3 Å². The van der Waals surface area contributed by atoms with E-state index < -0.39 is 0 Å². The summed E-state index contributed by atoms with van der Waals surface area (Å²) in [5.74, 6) is 0.484. The van der Waals surface area contributed by atoms with Crippen LogP contribution in [0.5, 0.6) is 5.75 Å². The first-order chi connectivity index (χ1) is 11.5. The van der Waals surface area contributed by atoms with Crippen molar-refractivity contribution < 1.29 is 9.53 Å². The van der Waals surface area contributed by atoms with Gasteiger partial charge in [0.1, 0.15) is 5.75 Å². The van der Waals surface area contributed by atoms with Crippen molar-refractivity contribution in [2.45, 2.75) is 20.4 Å². The topological polar surface area (TPSA) is 41.6 Å². The summed E-state index contributed by atoms with van der Waals surface area (Å²) in [5.41, 5.74) is 2.72. The average Bonchev–Trinajstić information content (AvgIpc) is 2.58. The van der Waals surface area contributed by atoms with Gasteiger partial charge in [-0.05, 0) is 30.7 Å². The summed E-state index contributed by atoms with van der Waals surface area (Å²) in [4.78, 5) is 14.5. The number of benzene rings is 2. The largest absolute Gasteiger partial charge is 0.495 e. The quantitative estimate of drug-likeness (QED) is 0.820. The molecule has 0 aliphatic carbocycles. The summed E-state index contributed by atoms with van der Waals surface area (Å²) in [6.07, 6.45) is 0. The van der Waals surface area contributed by atoms with Gasteiger partial charge in [-0.15, -0.1) is 0 Å². The molecule has 2 aromatic rings. The molecule has 128 valence electrons. The van der Waals surface area contributed by atoms with Gasteiger partial charge in [-0.1, -0.05) is 48.9 Å². The molecule has 0 saturated heterocycles. The first-order valence-electron chi connectivity index (χ1n) is 7.93. The van der Waals surface area contributed by atoms with Crippen LogP contribution in [0.15, 0.2) is 42.5 Å². The van der Waals surface area contributed by atoms with Crippen molar-refractivity contribution in [3.05, 3.63) is 58.6 Å². The zero-order valence-corrected chi connectivity index (χ0v) is 15.1. The van der Waals surface area contributed by atoms with E-state index in [1.807, 2.05) is 38.1 Å². The summed E-state index contributed by atoms with van der Waals surface area (Å²) in [6.45, 7) is 5.78. The fraction of sp³-hybridized carbons (Fsp3) is 0.316. The number of methoxy groups -OCH3 is 1. The maximum absolute atomic E-state index is 12.4. The van der Waals surface area contributed by atoms with Gasteiger partial charge in [0.2, 0.25) is 5.91 Å². The molecular weight excluding hydrogens is 324 g/mol. The minimum Gasteiger partial charge on any atom is -0.495 e. The van der Waals surface area contributed by atoms with E-state index in [1.54, 1.807) is 13.2 Å². The molecule has 24 heavy (non-hydrogen) atoms. The molecular formula is C19H23ClN2O2. The van der Waals surface area contributed by atoms with Crippen molar-refractivity contribution in [2.75, 3.05) is 25.5 Å². The van der Waals surface area contributed by atoms with E-state index in [2.05, 4.69) is 22.3 Å². The average molecular weight is 347 g/mol. The number of nitrogens with zero attached hydrogens (tertiary/aromatic N) is 1. The Labute approximate surface area is 148 Å². The van der Waals surface area contributed by atoms with Gasteiger partial charge in [0.25, 0.3) is 0 Å². The van der Waals surface area contributed by atoms with E-state index >= 15 is 0 Å². The lowest BCUT2D eigenvalue weighted by molar-refractivity contribution is -0.117. The van der Waals surface area contributed by atoms with Gasteiger partial charge in [0, 0.05) is 17.6 Å². The maximum Gasteiger partial charge on any atom is 0.238 e. The summed E-state index contributed by atoms with van der Waals surface area (Å²) in [7, 11) is 1.56.